The lowest BCUT2D eigenvalue weighted by atomic mass is 10.2. The molecule has 118 valence electrons. The Morgan fingerprint density at radius 2 is 1.96 bits per heavy atom. The van der Waals surface area contributed by atoms with E-state index in [1.807, 2.05) is 37.3 Å². The van der Waals surface area contributed by atoms with Gasteiger partial charge in [-0.2, -0.15) is 10.1 Å². The summed E-state index contributed by atoms with van der Waals surface area (Å²) in [5.74, 6) is 0.827. The summed E-state index contributed by atoms with van der Waals surface area (Å²) in [5.41, 5.74) is 1.68. The fraction of sp³-hybridized carbons (Fsp3) is 0.267. The smallest absolute Gasteiger partial charge is 0.312 e. The van der Waals surface area contributed by atoms with Crippen molar-refractivity contribution >= 4 is 5.69 Å². The van der Waals surface area contributed by atoms with Gasteiger partial charge in [0.2, 0.25) is 5.82 Å². The van der Waals surface area contributed by atoms with Crippen LogP contribution in [0.5, 0.6) is 0 Å². The molecule has 23 heavy (non-hydrogen) atoms. The molecule has 0 N–H and O–H groups in total. The Morgan fingerprint density at radius 1 is 1.26 bits per heavy atom. The van der Waals surface area contributed by atoms with Crippen molar-refractivity contribution in [2.24, 2.45) is 0 Å². The summed E-state index contributed by atoms with van der Waals surface area (Å²) in [5, 5.41) is 19.3. The molecule has 8 nitrogen and oxygen atoms in total. The molecule has 3 rings (SSSR count). The number of aromatic nitrogens is 4. The largest absolute Gasteiger partial charge is 0.337 e. The van der Waals surface area contributed by atoms with E-state index >= 15 is 0 Å². The van der Waals surface area contributed by atoms with Gasteiger partial charge in [0.1, 0.15) is 17.4 Å². The lowest BCUT2D eigenvalue weighted by Crippen LogP contribution is -2.11. The van der Waals surface area contributed by atoms with Crippen molar-refractivity contribution in [2.75, 3.05) is 0 Å². The lowest BCUT2D eigenvalue weighted by Gasteiger charge is -2.08. The summed E-state index contributed by atoms with van der Waals surface area (Å²) < 4.78 is 6.85. The van der Waals surface area contributed by atoms with Gasteiger partial charge in [-0.05, 0) is 20.8 Å². The van der Waals surface area contributed by atoms with Gasteiger partial charge in [0, 0.05) is 5.56 Å². The molecule has 0 saturated carbocycles. The lowest BCUT2D eigenvalue weighted by molar-refractivity contribution is -0.386. The van der Waals surface area contributed by atoms with Crippen LogP contribution >= 0.6 is 0 Å². The van der Waals surface area contributed by atoms with Crippen LogP contribution in [0.1, 0.15) is 30.2 Å². The second kappa shape index (κ2) is 5.64. The molecule has 3 aromatic rings. The van der Waals surface area contributed by atoms with E-state index in [4.69, 9.17) is 4.52 Å². The van der Waals surface area contributed by atoms with Crippen molar-refractivity contribution in [2.45, 2.75) is 26.8 Å². The Labute approximate surface area is 131 Å². The Hall–Kier alpha value is -3.03. The van der Waals surface area contributed by atoms with Crippen LogP contribution in [0.25, 0.3) is 11.4 Å². The van der Waals surface area contributed by atoms with Crippen LogP contribution in [0.3, 0.4) is 0 Å². The zero-order chi connectivity index (χ0) is 16.6. The van der Waals surface area contributed by atoms with Crippen LogP contribution in [0.4, 0.5) is 5.69 Å². The molecule has 8 heteroatoms. The first-order valence-corrected chi connectivity index (χ1v) is 7.08. The van der Waals surface area contributed by atoms with Crippen LogP contribution in [0.2, 0.25) is 0 Å². The van der Waals surface area contributed by atoms with Gasteiger partial charge in [-0.1, -0.05) is 35.5 Å². The van der Waals surface area contributed by atoms with Gasteiger partial charge in [0.05, 0.1) is 4.92 Å². The maximum Gasteiger partial charge on any atom is 0.312 e. The number of nitrogens with zero attached hydrogens (tertiary/aromatic N) is 5. The van der Waals surface area contributed by atoms with Crippen molar-refractivity contribution in [3.63, 3.8) is 0 Å². The van der Waals surface area contributed by atoms with Gasteiger partial charge in [-0.15, -0.1) is 0 Å². The van der Waals surface area contributed by atoms with E-state index in [0.717, 1.165) is 5.56 Å². The minimum absolute atomic E-state index is 0.0136. The van der Waals surface area contributed by atoms with E-state index in [1.54, 1.807) is 13.8 Å². The molecule has 0 saturated heterocycles. The molecular formula is C15H15N5O3. The third-order valence-electron chi connectivity index (χ3n) is 3.67. The fourth-order valence-corrected chi connectivity index (χ4v) is 2.51. The summed E-state index contributed by atoms with van der Waals surface area (Å²) in [6, 6.07) is 9.05. The molecule has 0 radical (unpaired) electrons. The van der Waals surface area contributed by atoms with Gasteiger partial charge in [-0.25, -0.2) is 0 Å². The van der Waals surface area contributed by atoms with Gasteiger partial charge < -0.3 is 4.52 Å². The molecular weight excluding hydrogens is 298 g/mol. The first kappa shape index (κ1) is 14.9. The molecule has 0 amide bonds. The molecule has 2 aromatic heterocycles. The molecule has 0 bridgehead atoms. The first-order valence-electron chi connectivity index (χ1n) is 7.08. The molecule has 2 heterocycles. The summed E-state index contributed by atoms with van der Waals surface area (Å²) in [7, 11) is 0. The predicted molar refractivity (Wildman–Crippen MR) is 81.9 cm³/mol. The van der Waals surface area contributed by atoms with Crippen molar-refractivity contribution in [3.05, 3.63) is 57.7 Å². The van der Waals surface area contributed by atoms with Crippen LogP contribution in [-0.2, 0) is 0 Å². The zero-order valence-electron chi connectivity index (χ0n) is 12.9. The Kier molecular flexibility index (Phi) is 3.65. The van der Waals surface area contributed by atoms with Crippen molar-refractivity contribution in [3.8, 4) is 11.4 Å². The molecule has 0 spiro atoms. The monoisotopic (exact) mass is 313 g/mol. The number of aryl methyl sites for hydroxylation is 1. The molecule has 0 aliphatic heterocycles. The van der Waals surface area contributed by atoms with E-state index in [0.29, 0.717) is 23.1 Å². The number of hydrogen-bond donors (Lipinski definition) is 0. The Balaban J connectivity index is 1.96. The highest BCUT2D eigenvalue weighted by Gasteiger charge is 2.27. The number of rotatable bonds is 4. The van der Waals surface area contributed by atoms with Gasteiger partial charge in [0.15, 0.2) is 0 Å². The highest BCUT2D eigenvalue weighted by molar-refractivity contribution is 5.53. The van der Waals surface area contributed by atoms with Crippen LogP contribution < -0.4 is 0 Å². The van der Waals surface area contributed by atoms with Gasteiger partial charge in [-0.3, -0.25) is 14.8 Å². The number of hydrogen-bond acceptors (Lipinski definition) is 6. The molecule has 0 aliphatic carbocycles. The SMILES string of the molecule is Cc1nn([C@@H](C)c2nc(-c3ccccc3)no2)c(C)c1[N+](=O)[O-]. The topological polar surface area (TPSA) is 99.9 Å². The van der Waals surface area contributed by atoms with E-state index < -0.39 is 11.0 Å². The first-order chi connectivity index (χ1) is 11.0. The third-order valence-corrected chi connectivity index (χ3v) is 3.67. The van der Waals surface area contributed by atoms with Crippen molar-refractivity contribution in [1.29, 1.82) is 0 Å². The van der Waals surface area contributed by atoms with Crippen LogP contribution in [-0.4, -0.2) is 24.8 Å². The number of nitro groups is 1. The highest BCUT2D eigenvalue weighted by atomic mass is 16.6. The summed E-state index contributed by atoms with van der Waals surface area (Å²) in [4.78, 5) is 15.1. The maximum absolute atomic E-state index is 11.1. The van der Waals surface area contributed by atoms with E-state index in [2.05, 4.69) is 15.2 Å². The summed E-state index contributed by atoms with van der Waals surface area (Å²) in [6.45, 7) is 5.08. The van der Waals surface area contributed by atoms with Gasteiger partial charge >= 0.3 is 5.69 Å². The van der Waals surface area contributed by atoms with Crippen molar-refractivity contribution in [1.82, 2.24) is 19.9 Å². The van der Waals surface area contributed by atoms with Crippen LogP contribution in [0, 0.1) is 24.0 Å². The molecule has 0 unspecified atom stereocenters. The van der Waals surface area contributed by atoms with Gasteiger partial charge in [0.25, 0.3) is 5.89 Å². The second-order valence-corrected chi connectivity index (χ2v) is 5.22. The maximum atomic E-state index is 11.1. The second-order valence-electron chi connectivity index (χ2n) is 5.22. The van der Waals surface area contributed by atoms with Crippen LogP contribution in [0.15, 0.2) is 34.9 Å². The Bertz CT molecular complexity index is 853. The summed E-state index contributed by atoms with van der Waals surface area (Å²) in [6.07, 6.45) is 0. The predicted octanol–water partition coefficient (Wildman–Crippen LogP) is 3.07. The van der Waals surface area contributed by atoms with E-state index in [1.165, 1.54) is 4.68 Å². The molecule has 1 atom stereocenters. The fourth-order valence-electron chi connectivity index (χ4n) is 2.51. The summed E-state index contributed by atoms with van der Waals surface area (Å²) >= 11 is 0. The minimum Gasteiger partial charge on any atom is -0.337 e. The molecule has 1 aromatic carbocycles. The normalized spacial score (nSPS) is 12.3. The number of benzene rings is 1. The molecule has 0 aliphatic rings. The van der Waals surface area contributed by atoms with E-state index in [-0.39, 0.29) is 5.69 Å². The average Bonchev–Trinajstić information content (AvgIpc) is 3.12. The zero-order valence-corrected chi connectivity index (χ0v) is 12.9. The third kappa shape index (κ3) is 2.59. The molecule has 0 fully saturated rings. The van der Waals surface area contributed by atoms with Crippen molar-refractivity contribution < 1.29 is 9.45 Å². The highest BCUT2D eigenvalue weighted by Crippen LogP contribution is 2.27. The minimum atomic E-state index is -0.426. The quantitative estimate of drug-likeness (QED) is 0.542. The standard InChI is InChI=1S/C15H15N5O3/c1-9-13(20(21)22)10(2)19(17-9)11(3)15-16-14(18-23-15)12-7-5-4-6-8-12/h4-8,11H,1-3H3/t11-/m0/s1. The Morgan fingerprint density at radius 3 is 2.57 bits per heavy atom. The van der Waals surface area contributed by atoms with E-state index in [9.17, 15) is 10.1 Å². The average molecular weight is 313 g/mol.